The molecule has 0 saturated heterocycles. The van der Waals surface area contributed by atoms with Gasteiger partial charge in [-0.15, -0.1) is 0 Å². The Balaban J connectivity index is 2.04. The van der Waals surface area contributed by atoms with Crippen molar-refractivity contribution in [2.75, 3.05) is 17.1 Å². The van der Waals surface area contributed by atoms with Crippen LogP contribution in [0.1, 0.15) is 44.9 Å². The number of sulfonamides is 1. The molecule has 0 aromatic heterocycles. The second-order valence-corrected chi connectivity index (χ2v) is 9.18. The fraction of sp³-hybridized carbons (Fsp3) is 0.588. The Morgan fingerprint density at radius 1 is 1.21 bits per heavy atom. The lowest BCUT2D eigenvalue weighted by atomic mass is 9.97. The third kappa shape index (κ3) is 6.09. The van der Waals surface area contributed by atoms with Crippen molar-refractivity contribution in [3.05, 3.63) is 28.7 Å². The number of carbonyl (C=O) groups is 1. The van der Waals surface area contributed by atoms with E-state index in [0.29, 0.717) is 5.69 Å². The molecule has 0 radical (unpaired) electrons. The van der Waals surface area contributed by atoms with Gasteiger partial charge in [0.2, 0.25) is 15.9 Å². The van der Waals surface area contributed by atoms with Crippen LogP contribution in [-0.2, 0) is 14.8 Å². The van der Waals surface area contributed by atoms with Crippen LogP contribution in [0.25, 0.3) is 0 Å². The highest BCUT2D eigenvalue weighted by Crippen LogP contribution is 2.22. The van der Waals surface area contributed by atoms with E-state index < -0.39 is 10.0 Å². The molecule has 1 aromatic carbocycles. The van der Waals surface area contributed by atoms with E-state index in [1.54, 1.807) is 18.2 Å². The predicted molar refractivity (Wildman–Crippen MR) is 101 cm³/mol. The summed E-state index contributed by atoms with van der Waals surface area (Å²) in [5.74, 6) is -0.244. The molecule has 134 valence electrons. The summed E-state index contributed by atoms with van der Waals surface area (Å²) in [5.41, 5.74) is 0.486. The maximum Gasteiger partial charge on any atom is 0.240 e. The van der Waals surface area contributed by atoms with Crippen LogP contribution in [0, 0.1) is 0 Å². The molecular formula is C17H25BrN2O3S. The van der Waals surface area contributed by atoms with Crippen molar-refractivity contribution in [2.45, 2.75) is 51.0 Å². The number of benzene rings is 1. The van der Waals surface area contributed by atoms with Gasteiger partial charge in [-0.1, -0.05) is 54.1 Å². The number of anilines is 1. The van der Waals surface area contributed by atoms with Gasteiger partial charge in [-0.2, -0.15) is 0 Å². The SMILES string of the molecule is CS(=O)(=O)N(CC(=O)NC1CCCCCCC1)c1cccc(Br)c1. The molecule has 1 aliphatic carbocycles. The van der Waals surface area contributed by atoms with E-state index in [2.05, 4.69) is 21.2 Å². The van der Waals surface area contributed by atoms with E-state index in [0.717, 1.165) is 40.7 Å². The summed E-state index contributed by atoms with van der Waals surface area (Å²) in [5, 5.41) is 3.02. The Kier molecular flexibility index (Phi) is 7.10. The highest BCUT2D eigenvalue weighted by atomic mass is 79.9. The van der Waals surface area contributed by atoms with Crippen LogP contribution in [0.3, 0.4) is 0 Å². The molecule has 0 atom stereocenters. The van der Waals surface area contributed by atoms with Gasteiger partial charge in [-0.05, 0) is 31.0 Å². The quantitative estimate of drug-likeness (QED) is 0.798. The molecule has 2 rings (SSSR count). The largest absolute Gasteiger partial charge is 0.352 e. The molecular weight excluding hydrogens is 392 g/mol. The van der Waals surface area contributed by atoms with Gasteiger partial charge in [0.05, 0.1) is 11.9 Å². The van der Waals surface area contributed by atoms with Gasteiger partial charge in [0.15, 0.2) is 0 Å². The fourth-order valence-corrected chi connectivity index (χ4v) is 4.27. The smallest absolute Gasteiger partial charge is 0.240 e. The molecule has 0 bridgehead atoms. The number of carbonyl (C=O) groups excluding carboxylic acids is 1. The number of halogens is 1. The lowest BCUT2D eigenvalue weighted by Crippen LogP contribution is -2.44. The number of nitrogens with zero attached hydrogens (tertiary/aromatic N) is 1. The Bertz CT molecular complexity index is 656. The Morgan fingerprint density at radius 3 is 2.42 bits per heavy atom. The van der Waals surface area contributed by atoms with Gasteiger partial charge in [-0.3, -0.25) is 9.10 Å². The van der Waals surface area contributed by atoms with Crippen molar-refractivity contribution in [1.29, 1.82) is 0 Å². The van der Waals surface area contributed by atoms with Crippen molar-refractivity contribution in [3.63, 3.8) is 0 Å². The molecule has 1 N–H and O–H groups in total. The molecule has 1 amide bonds. The van der Waals surface area contributed by atoms with Crippen LogP contribution >= 0.6 is 15.9 Å². The summed E-state index contributed by atoms with van der Waals surface area (Å²) in [7, 11) is -3.53. The summed E-state index contributed by atoms with van der Waals surface area (Å²) >= 11 is 3.34. The molecule has 0 unspecified atom stereocenters. The lowest BCUT2D eigenvalue weighted by Gasteiger charge is -2.25. The summed E-state index contributed by atoms with van der Waals surface area (Å²) in [6, 6.07) is 7.11. The fourth-order valence-electron chi connectivity index (χ4n) is 3.04. The molecule has 24 heavy (non-hydrogen) atoms. The summed E-state index contributed by atoms with van der Waals surface area (Å²) in [6.45, 7) is -0.189. The van der Waals surface area contributed by atoms with Gasteiger partial charge >= 0.3 is 0 Å². The van der Waals surface area contributed by atoms with Crippen LogP contribution in [0.2, 0.25) is 0 Å². The molecule has 5 nitrogen and oxygen atoms in total. The van der Waals surface area contributed by atoms with E-state index >= 15 is 0 Å². The molecule has 0 spiro atoms. The molecule has 0 aliphatic heterocycles. The first-order valence-corrected chi connectivity index (χ1v) is 11.0. The normalized spacial score (nSPS) is 16.9. The zero-order valence-corrected chi connectivity index (χ0v) is 16.4. The van der Waals surface area contributed by atoms with Crippen molar-refractivity contribution in [3.8, 4) is 0 Å². The molecule has 0 heterocycles. The average molecular weight is 417 g/mol. The predicted octanol–water partition coefficient (Wildman–Crippen LogP) is 3.44. The van der Waals surface area contributed by atoms with Crippen LogP contribution in [0.5, 0.6) is 0 Å². The molecule has 1 fully saturated rings. The molecule has 1 aliphatic rings. The Hall–Kier alpha value is -1.08. The standard InChI is InChI=1S/C17H25BrN2O3S/c1-24(22,23)20(16-11-7-8-14(18)12-16)13-17(21)19-15-9-5-3-2-4-6-10-15/h7-8,11-12,15H,2-6,9-10,13H2,1H3,(H,19,21). The zero-order chi connectivity index (χ0) is 17.6. The Labute approximate surface area is 153 Å². The van der Waals surface area contributed by atoms with Gasteiger partial charge in [-0.25, -0.2) is 8.42 Å². The van der Waals surface area contributed by atoms with Crippen LogP contribution < -0.4 is 9.62 Å². The van der Waals surface area contributed by atoms with Crippen molar-refractivity contribution < 1.29 is 13.2 Å². The van der Waals surface area contributed by atoms with Gasteiger partial charge in [0.1, 0.15) is 6.54 Å². The van der Waals surface area contributed by atoms with E-state index in [9.17, 15) is 13.2 Å². The Morgan fingerprint density at radius 2 is 1.83 bits per heavy atom. The highest BCUT2D eigenvalue weighted by molar-refractivity contribution is 9.10. The molecule has 1 aromatic rings. The van der Waals surface area contributed by atoms with Crippen molar-refractivity contribution in [1.82, 2.24) is 5.32 Å². The number of rotatable bonds is 5. The topological polar surface area (TPSA) is 66.5 Å². The first-order valence-electron chi connectivity index (χ1n) is 8.39. The highest BCUT2D eigenvalue weighted by Gasteiger charge is 2.22. The van der Waals surface area contributed by atoms with E-state index in [4.69, 9.17) is 0 Å². The summed E-state index contributed by atoms with van der Waals surface area (Å²) in [4.78, 5) is 12.4. The van der Waals surface area contributed by atoms with Crippen molar-refractivity contribution >= 4 is 37.5 Å². The third-order valence-corrected chi connectivity index (χ3v) is 5.89. The number of hydrogen-bond donors (Lipinski definition) is 1. The van der Waals surface area contributed by atoms with Crippen LogP contribution in [0.4, 0.5) is 5.69 Å². The molecule has 7 heteroatoms. The third-order valence-electron chi connectivity index (χ3n) is 4.25. The minimum atomic E-state index is -3.53. The van der Waals surface area contributed by atoms with Crippen LogP contribution in [0.15, 0.2) is 28.7 Å². The molecule has 1 saturated carbocycles. The number of nitrogens with one attached hydrogen (secondary N) is 1. The van der Waals surface area contributed by atoms with Crippen LogP contribution in [-0.4, -0.2) is 33.2 Å². The minimum absolute atomic E-state index is 0.154. The lowest BCUT2D eigenvalue weighted by molar-refractivity contribution is -0.120. The second kappa shape index (κ2) is 8.85. The first kappa shape index (κ1) is 19.2. The first-order chi connectivity index (χ1) is 11.4. The van der Waals surface area contributed by atoms with E-state index in [1.165, 1.54) is 19.3 Å². The monoisotopic (exact) mass is 416 g/mol. The van der Waals surface area contributed by atoms with E-state index in [-0.39, 0.29) is 18.5 Å². The maximum absolute atomic E-state index is 12.4. The minimum Gasteiger partial charge on any atom is -0.352 e. The van der Waals surface area contributed by atoms with Gasteiger partial charge in [0, 0.05) is 10.5 Å². The van der Waals surface area contributed by atoms with Gasteiger partial charge in [0.25, 0.3) is 0 Å². The zero-order valence-electron chi connectivity index (χ0n) is 14.0. The number of amides is 1. The average Bonchev–Trinajstić information content (AvgIpc) is 2.46. The second-order valence-electron chi connectivity index (χ2n) is 6.36. The maximum atomic E-state index is 12.4. The summed E-state index contributed by atoms with van der Waals surface area (Å²) in [6.07, 6.45) is 8.99. The summed E-state index contributed by atoms with van der Waals surface area (Å²) < 4.78 is 26.1. The van der Waals surface area contributed by atoms with Crippen molar-refractivity contribution in [2.24, 2.45) is 0 Å². The van der Waals surface area contributed by atoms with Gasteiger partial charge < -0.3 is 5.32 Å². The van der Waals surface area contributed by atoms with E-state index in [1.807, 2.05) is 6.07 Å². The number of hydrogen-bond acceptors (Lipinski definition) is 3.